The van der Waals surface area contributed by atoms with Gasteiger partial charge in [-0.25, -0.2) is 0 Å². The van der Waals surface area contributed by atoms with E-state index in [9.17, 15) is 92.3 Å². The summed E-state index contributed by atoms with van der Waals surface area (Å²) in [6.07, 6.45) is 0.554. The van der Waals surface area contributed by atoms with Crippen molar-refractivity contribution in [2.24, 2.45) is 28.7 Å². The number of aliphatic carboxylic acids is 2. The molecule has 0 unspecified atom stereocenters. The number of phenols is 1. The Labute approximate surface area is 770 Å². The number of carboxylic acids is 2. The van der Waals surface area contributed by atoms with Crippen molar-refractivity contribution in [1.82, 2.24) is 77.3 Å². The van der Waals surface area contributed by atoms with Gasteiger partial charge < -0.3 is 126 Å². The van der Waals surface area contributed by atoms with Crippen LogP contribution in [0.5, 0.6) is 5.75 Å². The van der Waals surface area contributed by atoms with Crippen molar-refractivity contribution in [3.63, 3.8) is 0 Å². The zero-order chi connectivity index (χ0) is 96.7. The second kappa shape index (κ2) is 51.0. The van der Waals surface area contributed by atoms with E-state index in [0.717, 1.165) is 53.0 Å². The fourth-order valence-electron chi connectivity index (χ4n) is 16.4. The molecule has 5 aromatic rings. The second-order valence-corrected chi connectivity index (χ2v) is 35.2. The molecule has 0 aliphatic carbocycles. The Balaban J connectivity index is 0.942. The van der Waals surface area contributed by atoms with Crippen molar-refractivity contribution < 1.29 is 107 Å². The molecule has 3 aromatic carbocycles. The number of likely N-dealkylation sites (tertiary alicyclic amines) is 3. The van der Waals surface area contributed by atoms with Gasteiger partial charge in [-0.05, 0) is 136 Å². The van der Waals surface area contributed by atoms with Crippen LogP contribution in [-0.2, 0) is 106 Å². The van der Waals surface area contributed by atoms with Gasteiger partial charge in [0.15, 0.2) is 5.78 Å². The van der Waals surface area contributed by atoms with Crippen molar-refractivity contribution >= 4 is 150 Å². The number of primary amides is 1. The quantitative estimate of drug-likeness (QED) is 0.0187. The Bertz CT molecular complexity index is 4940. The van der Waals surface area contributed by atoms with E-state index >= 15 is 14.4 Å². The topological polar surface area (TPSA) is 659 Å². The number of H-pyrrole nitrogens is 1. The lowest BCUT2D eigenvalue weighted by Gasteiger charge is -2.36. The molecule has 3 saturated heterocycles. The molecule has 0 spiro atoms. The van der Waals surface area contributed by atoms with Crippen molar-refractivity contribution in [1.29, 1.82) is 0 Å². The van der Waals surface area contributed by atoms with Gasteiger partial charge in [-0.3, -0.25) is 86.3 Å². The summed E-state index contributed by atoms with van der Waals surface area (Å²) in [7, 11) is 2.82. The van der Waals surface area contributed by atoms with Crippen molar-refractivity contribution in [2.45, 2.75) is 233 Å². The van der Waals surface area contributed by atoms with Crippen LogP contribution in [0, 0.1) is 0 Å². The van der Waals surface area contributed by atoms with Crippen LogP contribution in [0.2, 0.25) is 0 Å². The molecule has 720 valence electrons. The zero-order valence-electron chi connectivity index (χ0n) is 74.6. The second-order valence-electron chi connectivity index (χ2n) is 33.3. The van der Waals surface area contributed by atoms with Gasteiger partial charge in [-0.1, -0.05) is 88.1 Å². The fourth-order valence-corrected chi connectivity index (χ4v) is 18.2. The van der Waals surface area contributed by atoms with Gasteiger partial charge in [0.25, 0.3) is 0 Å². The Kier molecular flexibility index (Phi) is 40.6. The van der Waals surface area contributed by atoms with Gasteiger partial charge in [-0.2, -0.15) is 0 Å². The van der Waals surface area contributed by atoms with Crippen LogP contribution < -0.4 is 76.5 Å². The Morgan fingerprint density at radius 2 is 1.08 bits per heavy atom. The van der Waals surface area contributed by atoms with Crippen LogP contribution in [-0.4, -0.2) is 318 Å². The van der Waals surface area contributed by atoms with E-state index in [1.807, 2.05) is 67.8 Å². The number of aromatic nitrogens is 1. The van der Waals surface area contributed by atoms with E-state index in [2.05, 4.69) is 52.8 Å². The van der Waals surface area contributed by atoms with E-state index < -0.39 is 234 Å². The van der Waals surface area contributed by atoms with Crippen LogP contribution in [0.15, 0.2) is 84.4 Å². The molecule has 3 aliphatic rings. The number of aromatic amines is 1. The summed E-state index contributed by atoms with van der Waals surface area (Å²) in [4.78, 5) is 260. The minimum absolute atomic E-state index is 0.0115. The lowest BCUT2D eigenvalue weighted by molar-refractivity contribution is -0.149. The van der Waals surface area contributed by atoms with E-state index in [4.69, 9.17) is 28.7 Å². The number of aliphatic hydroxyl groups excluding tert-OH is 1. The number of nitrogens with two attached hydrogens (primary N) is 5. The highest BCUT2D eigenvalue weighted by molar-refractivity contribution is 8.00. The molecule has 2 aromatic heterocycles. The van der Waals surface area contributed by atoms with Crippen LogP contribution in [0.3, 0.4) is 0 Å². The number of nitrogens with zero attached hydrogens (tertiary/aromatic N) is 5. The standard InChI is InChI=1S/C88H124N20O22S2/c1-6-8-21-66(104(4)88(130)69(22-9-7-2)105(5)84(126)61(37-51-45-132-71-25-13-11-18-55(51)71)99-79(121)59(30-32-90)97-76(118)56(92)36-50-42-94-57-19-12-10-17-54(50)57)81(123)98-58(20-14-31-89)78(120)103-65(77(119)95-43-72(93)112)46-131-47-73(113)96-60(35-49-26-28-52(110)29-27-49)85(127)106-33-15-23-67(106)82(124)101-62(39-74(114)115)86(128)107-34-16-24-68(107)83(125)102-64(41-91)80(122)100-63(40-75(116)117)87(129)108-44-53(111)38-70(108)48(3)109/h10-13,17-19,25-29,42,45,53,56,58-70,94,110-111H,6-9,14-16,20-24,30-41,43-44,46-47,89-92H2,1-5H3,(H2,93,112)(H,95,119)(H,96,113)(H,97,118)(H,98,123)(H,99,121)(H,100,122)(H,101,124)(H,102,125)(H,103,120)(H,114,115)(H,116,117)/t53-,56+,58+,59+,60+,61+,62+,63+,64+,65+,66+,67+,68+,69+,70+/m1/s1. The number of nitrogens with one attached hydrogen (secondary N) is 10. The number of aliphatic hydroxyl groups is 1. The molecule has 8 rings (SSSR count). The lowest BCUT2D eigenvalue weighted by atomic mass is 9.99. The number of carbonyl (C=O) groups is 18. The number of phenolic OH excluding ortho intramolecular Hbond substituents is 1. The van der Waals surface area contributed by atoms with Crippen LogP contribution in [0.25, 0.3) is 21.0 Å². The van der Waals surface area contributed by atoms with E-state index in [1.165, 1.54) is 66.4 Å². The molecular weight excluding hydrogens is 1750 g/mol. The number of Topliss-reactive ketones (excluding diaryl/α,β-unsaturated/α-hetero) is 1. The Hall–Kier alpha value is -12.2. The third kappa shape index (κ3) is 29.4. The molecule has 0 radical (unpaired) electrons. The number of aromatic hydroxyl groups is 1. The van der Waals surface area contributed by atoms with Gasteiger partial charge in [0, 0.05) is 87.1 Å². The largest absolute Gasteiger partial charge is 0.508 e. The average Bonchev–Trinajstić information content (AvgIpc) is 1.80. The first-order valence-electron chi connectivity index (χ1n) is 44.2. The van der Waals surface area contributed by atoms with Gasteiger partial charge >= 0.3 is 11.9 Å². The lowest BCUT2D eigenvalue weighted by Crippen LogP contribution is -2.61. The smallest absolute Gasteiger partial charge is 0.305 e. The summed E-state index contributed by atoms with van der Waals surface area (Å²) in [6.45, 7) is 2.94. The SMILES string of the molecule is CCCC[C@@H](C(=O)N(C)[C@@H](CCCC)C(=O)N[C@@H](CCCN)C(=O)N[C@@H](CSCC(=O)N[C@@H](Cc1ccc(O)cc1)C(=O)N1CCC[C@H]1C(=O)N[C@@H](CC(=O)O)C(=O)N1CCC[C@H]1C(=O)N[C@@H](CN)C(=O)N[C@@H](CC(=O)O)C(=O)N1C[C@H](O)C[C@H]1C(C)=O)C(=O)NCC(N)=O)N(C)C(=O)[C@H](Cc1csc2ccccc12)NC(=O)[C@H](CCN)NC(=O)[C@@H](N)Cc1c[nH]c2ccccc12. The zero-order valence-corrected chi connectivity index (χ0v) is 76.3. The molecule has 3 aliphatic heterocycles. The number of β-amino-alcohol motifs (C(OH)–C–C–N with tert-alkyl or cyclic N) is 1. The summed E-state index contributed by atoms with van der Waals surface area (Å²) in [6, 6.07) is 0.525. The third-order valence-corrected chi connectivity index (χ3v) is 25.6. The summed E-state index contributed by atoms with van der Waals surface area (Å²) in [5.74, 6) is -18.0. The number of fused-ring (bicyclic) bond motifs is 2. The number of ketones is 1. The molecule has 24 N–H and O–H groups in total. The molecule has 44 heteroatoms. The van der Waals surface area contributed by atoms with Crippen molar-refractivity contribution in [3.05, 3.63) is 101 Å². The number of carboxylic acid groups (broad SMARTS) is 2. The van der Waals surface area contributed by atoms with Crippen molar-refractivity contribution in [2.75, 3.05) is 71.4 Å². The molecule has 132 heavy (non-hydrogen) atoms. The summed E-state index contributed by atoms with van der Waals surface area (Å²) >= 11 is 2.20. The first-order chi connectivity index (χ1) is 62.9. The molecule has 42 nitrogen and oxygen atoms in total. The molecule has 5 heterocycles. The first kappa shape index (κ1) is 105. The predicted molar refractivity (Wildman–Crippen MR) is 486 cm³/mol. The van der Waals surface area contributed by atoms with Gasteiger partial charge in [-0.15, -0.1) is 23.1 Å². The minimum atomic E-state index is -1.88. The first-order valence-corrected chi connectivity index (χ1v) is 46.2. The monoisotopic (exact) mass is 1880 g/mol. The maximum Gasteiger partial charge on any atom is 0.305 e. The number of thiophene rings is 1. The highest BCUT2D eigenvalue weighted by atomic mass is 32.2. The third-order valence-electron chi connectivity index (χ3n) is 23.5. The number of benzene rings is 3. The van der Waals surface area contributed by atoms with Gasteiger partial charge in [0.05, 0.1) is 43.3 Å². The average molecular weight is 1880 g/mol. The maximum atomic E-state index is 15.4. The molecule has 0 bridgehead atoms. The summed E-state index contributed by atoms with van der Waals surface area (Å²) < 4.78 is 0.903. The number of likely N-dealkylation sites (N-methyl/N-ethyl adjacent to an activating group) is 2. The number of thioether (sulfide) groups is 1. The number of carbonyl (C=O) groups excluding carboxylic acids is 16. The number of para-hydroxylation sites is 1. The molecule has 15 amide bonds. The molecule has 15 atom stereocenters. The Morgan fingerprint density at radius 3 is 1.68 bits per heavy atom. The summed E-state index contributed by atoms with van der Waals surface area (Å²) in [5, 5.41) is 67.0. The normalized spacial score (nSPS) is 17.8. The van der Waals surface area contributed by atoms with Crippen LogP contribution >= 0.6 is 23.1 Å². The highest BCUT2D eigenvalue weighted by Crippen LogP contribution is 2.30. The molecule has 3 fully saturated rings. The number of unbranched alkanes of at least 4 members (excludes halogenated alkanes) is 2. The van der Waals surface area contributed by atoms with E-state index in [-0.39, 0.29) is 122 Å². The molecular formula is C88H124N20O22S2. The maximum absolute atomic E-state index is 15.4. The number of hydrogen-bond acceptors (Lipinski definition) is 26. The highest BCUT2D eigenvalue weighted by Gasteiger charge is 2.47. The summed E-state index contributed by atoms with van der Waals surface area (Å²) in [5.41, 5.74) is 32.6. The minimum Gasteiger partial charge on any atom is -0.508 e. The van der Waals surface area contributed by atoms with Crippen molar-refractivity contribution in [3.8, 4) is 5.75 Å². The van der Waals surface area contributed by atoms with Gasteiger partial charge in [0.1, 0.15) is 78.3 Å². The van der Waals surface area contributed by atoms with Gasteiger partial charge in [0.2, 0.25) is 88.6 Å². The predicted octanol–water partition coefficient (Wildman–Crippen LogP) is -2.78. The van der Waals surface area contributed by atoms with Crippen LogP contribution in [0.4, 0.5) is 0 Å². The van der Waals surface area contributed by atoms with E-state index in [0.29, 0.717) is 36.8 Å². The number of rotatable bonds is 52. The van der Waals surface area contributed by atoms with Crippen LogP contribution in [0.1, 0.15) is 140 Å². The van der Waals surface area contributed by atoms with E-state index in [1.54, 1.807) is 6.20 Å². The molecule has 0 saturated carbocycles. The number of amides is 15. The fraction of sp³-hybridized carbons (Fsp3) is 0.545. The Morgan fingerprint density at radius 1 is 0.545 bits per heavy atom. The number of hydrogen-bond donors (Lipinski definition) is 19.